The van der Waals surface area contributed by atoms with Crippen LogP contribution < -0.4 is 20.3 Å². The number of nitrogens with zero attached hydrogens (tertiary/aromatic N) is 2. The topological polar surface area (TPSA) is 74.5 Å². The van der Waals surface area contributed by atoms with Crippen LogP contribution in [-0.2, 0) is 18.3 Å². The van der Waals surface area contributed by atoms with Crippen molar-refractivity contribution >= 4 is 17.7 Å². The molecule has 1 atom stereocenters. The van der Waals surface area contributed by atoms with Gasteiger partial charge in [0.15, 0.2) is 0 Å². The maximum absolute atomic E-state index is 13.0. The molecule has 0 aliphatic carbocycles. The molecule has 0 spiro atoms. The Labute approximate surface area is 186 Å². The zero-order chi connectivity index (χ0) is 22.8. The van der Waals surface area contributed by atoms with E-state index in [4.69, 9.17) is 9.47 Å². The summed E-state index contributed by atoms with van der Waals surface area (Å²) in [6.07, 6.45) is 4.04. The van der Waals surface area contributed by atoms with Gasteiger partial charge in [0.2, 0.25) is 5.91 Å². The van der Waals surface area contributed by atoms with Gasteiger partial charge in [0.25, 0.3) is 5.56 Å². The van der Waals surface area contributed by atoms with Crippen molar-refractivity contribution < 1.29 is 14.3 Å². The van der Waals surface area contributed by atoms with Gasteiger partial charge in [-0.2, -0.15) is 0 Å². The Morgan fingerprint density at radius 1 is 1.28 bits per heavy atom. The smallest absolute Gasteiger partial charge is 0.295 e. The van der Waals surface area contributed by atoms with Crippen LogP contribution in [0, 0.1) is 6.92 Å². The van der Waals surface area contributed by atoms with Gasteiger partial charge >= 0.3 is 0 Å². The summed E-state index contributed by atoms with van der Waals surface area (Å²) in [4.78, 5) is 25.7. The van der Waals surface area contributed by atoms with Gasteiger partial charge < -0.3 is 14.8 Å². The minimum absolute atomic E-state index is 0.120. The van der Waals surface area contributed by atoms with Gasteiger partial charge in [-0.1, -0.05) is 18.2 Å². The summed E-state index contributed by atoms with van der Waals surface area (Å²) >= 11 is 0. The van der Waals surface area contributed by atoms with Crippen LogP contribution in [0.4, 0.5) is 5.69 Å². The first-order valence-corrected chi connectivity index (χ1v) is 10.7. The Balaban J connectivity index is 1.59. The van der Waals surface area contributed by atoms with Crippen LogP contribution >= 0.6 is 0 Å². The fraction of sp³-hybridized carbons (Fsp3) is 0.280. The zero-order valence-electron chi connectivity index (χ0n) is 18.7. The molecule has 2 aromatic carbocycles. The van der Waals surface area contributed by atoms with Gasteiger partial charge in [0, 0.05) is 30.7 Å². The molecule has 1 aromatic heterocycles. The third-order valence-corrected chi connectivity index (χ3v) is 5.54. The highest BCUT2D eigenvalue weighted by Crippen LogP contribution is 2.35. The standard InChI is InChI=1S/C25H27N3O4/c1-5-31-21-15-19-13-16(2)32-22(19)14-18(21)11-12-23(29)26-24-17(3)27(4)28(25(24)30)20-9-7-6-8-10-20/h6-12,14-16H,5,13H2,1-4H3,(H,26,29)/b12-11+. The molecule has 0 bridgehead atoms. The van der Waals surface area contributed by atoms with Crippen LogP contribution in [0.1, 0.15) is 30.7 Å². The number of para-hydroxylation sites is 1. The highest BCUT2D eigenvalue weighted by atomic mass is 16.5. The van der Waals surface area contributed by atoms with Crippen LogP contribution in [0.5, 0.6) is 11.5 Å². The van der Waals surface area contributed by atoms with Crippen molar-refractivity contribution in [3.05, 3.63) is 75.7 Å². The molecule has 0 radical (unpaired) electrons. The van der Waals surface area contributed by atoms with E-state index in [1.807, 2.05) is 56.3 Å². The van der Waals surface area contributed by atoms with E-state index in [1.54, 1.807) is 24.7 Å². The largest absolute Gasteiger partial charge is 0.493 e. The first kappa shape index (κ1) is 21.5. The molecule has 1 aliphatic heterocycles. The number of hydrogen-bond donors (Lipinski definition) is 1. The van der Waals surface area contributed by atoms with E-state index in [2.05, 4.69) is 5.32 Å². The molecular formula is C25H27N3O4. The first-order chi connectivity index (χ1) is 15.4. The summed E-state index contributed by atoms with van der Waals surface area (Å²) < 4.78 is 14.8. The number of nitrogens with one attached hydrogen (secondary N) is 1. The molecule has 1 unspecified atom stereocenters. The number of fused-ring (bicyclic) bond motifs is 1. The Morgan fingerprint density at radius 2 is 2.03 bits per heavy atom. The predicted octanol–water partition coefficient (Wildman–Crippen LogP) is 3.86. The van der Waals surface area contributed by atoms with Crippen molar-refractivity contribution in [3.63, 3.8) is 0 Å². The van der Waals surface area contributed by atoms with Crippen molar-refractivity contribution in [2.45, 2.75) is 33.3 Å². The van der Waals surface area contributed by atoms with E-state index in [0.717, 1.165) is 29.0 Å². The number of rotatable bonds is 6. The van der Waals surface area contributed by atoms with E-state index < -0.39 is 5.91 Å². The van der Waals surface area contributed by atoms with Crippen LogP contribution in [-0.4, -0.2) is 28.0 Å². The van der Waals surface area contributed by atoms with Gasteiger partial charge in [0.05, 0.1) is 18.0 Å². The van der Waals surface area contributed by atoms with Crippen LogP contribution in [0.25, 0.3) is 11.8 Å². The number of anilines is 1. The molecule has 32 heavy (non-hydrogen) atoms. The maximum atomic E-state index is 13.0. The molecule has 7 heteroatoms. The van der Waals surface area contributed by atoms with Gasteiger partial charge in [-0.05, 0) is 51.1 Å². The molecule has 166 valence electrons. The summed E-state index contributed by atoms with van der Waals surface area (Å²) in [6, 6.07) is 13.2. The third kappa shape index (κ3) is 4.06. The molecule has 1 N–H and O–H groups in total. The number of amides is 1. The number of ether oxygens (including phenoxy) is 2. The highest BCUT2D eigenvalue weighted by Gasteiger charge is 2.21. The second kappa shape index (κ2) is 8.78. The molecule has 0 fully saturated rings. The molecule has 0 saturated carbocycles. The summed E-state index contributed by atoms with van der Waals surface area (Å²) in [7, 11) is 1.79. The van der Waals surface area contributed by atoms with Gasteiger partial charge in [0.1, 0.15) is 23.3 Å². The molecule has 1 amide bonds. The summed E-state index contributed by atoms with van der Waals surface area (Å²) in [5.41, 5.74) is 3.21. The zero-order valence-corrected chi connectivity index (χ0v) is 18.7. The van der Waals surface area contributed by atoms with Crippen molar-refractivity contribution in [1.82, 2.24) is 9.36 Å². The molecule has 7 nitrogen and oxygen atoms in total. The Bertz CT molecular complexity index is 1240. The monoisotopic (exact) mass is 433 g/mol. The van der Waals surface area contributed by atoms with Crippen LogP contribution in [0.15, 0.2) is 53.3 Å². The van der Waals surface area contributed by atoms with Crippen molar-refractivity contribution in [1.29, 1.82) is 0 Å². The highest BCUT2D eigenvalue weighted by molar-refractivity contribution is 6.02. The number of carbonyl (C=O) groups excluding carboxylic acids is 1. The molecule has 3 aromatic rings. The second-order valence-electron chi connectivity index (χ2n) is 7.82. The Morgan fingerprint density at radius 3 is 2.75 bits per heavy atom. The van der Waals surface area contributed by atoms with E-state index in [1.165, 1.54) is 10.8 Å². The number of benzene rings is 2. The van der Waals surface area contributed by atoms with Crippen LogP contribution in [0.2, 0.25) is 0 Å². The molecule has 0 saturated heterocycles. The number of hydrogen-bond acceptors (Lipinski definition) is 4. The minimum Gasteiger partial charge on any atom is -0.493 e. The average molecular weight is 434 g/mol. The van der Waals surface area contributed by atoms with Crippen molar-refractivity contribution in [2.75, 3.05) is 11.9 Å². The minimum atomic E-state index is -0.395. The normalized spacial score (nSPS) is 14.9. The second-order valence-corrected chi connectivity index (χ2v) is 7.82. The SMILES string of the molecule is CCOc1cc2c(cc1/C=C/C(=O)Nc1c(C)n(C)n(-c3ccccc3)c1=O)OC(C)C2. The lowest BCUT2D eigenvalue weighted by Gasteiger charge is -2.10. The van der Waals surface area contributed by atoms with E-state index in [-0.39, 0.29) is 17.4 Å². The third-order valence-electron chi connectivity index (χ3n) is 5.54. The fourth-order valence-corrected chi connectivity index (χ4v) is 3.91. The van der Waals surface area contributed by atoms with E-state index in [0.29, 0.717) is 18.1 Å². The lowest BCUT2D eigenvalue weighted by molar-refractivity contribution is -0.111. The predicted molar refractivity (Wildman–Crippen MR) is 125 cm³/mol. The molecular weight excluding hydrogens is 406 g/mol. The Hall–Kier alpha value is -3.74. The van der Waals surface area contributed by atoms with Gasteiger partial charge in [-0.15, -0.1) is 0 Å². The fourth-order valence-electron chi connectivity index (χ4n) is 3.91. The number of carbonyl (C=O) groups is 1. The lowest BCUT2D eigenvalue weighted by atomic mass is 10.1. The van der Waals surface area contributed by atoms with Crippen LogP contribution in [0.3, 0.4) is 0 Å². The maximum Gasteiger partial charge on any atom is 0.295 e. The Kier molecular flexibility index (Phi) is 5.90. The molecule has 1 aliphatic rings. The first-order valence-electron chi connectivity index (χ1n) is 10.7. The molecule has 4 rings (SSSR count). The molecule has 2 heterocycles. The van der Waals surface area contributed by atoms with E-state index >= 15 is 0 Å². The summed E-state index contributed by atoms with van der Waals surface area (Å²) in [5.74, 6) is 1.12. The summed E-state index contributed by atoms with van der Waals surface area (Å²) in [6.45, 7) is 6.26. The average Bonchev–Trinajstić information content (AvgIpc) is 3.23. The van der Waals surface area contributed by atoms with Gasteiger partial charge in [-0.3, -0.25) is 14.3 Å². The van der Waals surface area contributed by atoms with Gasteiger partial charge in [-0.25, -0.2) is 4.68 Å². The number of aromatic nitrogens is 2. The van der Waals surface area contributed by atoms with Crippen molar-refractivity contribution in [2.24, 2.45) is 7.05 Å². The lowest BCUT2D eigenvalue weighted by Crippen LogP contribution is -2.22. The summed E-state index contributed by atoms with van der Waals surface area (Å²) in [5, 5.41) is 2.74. The van der Waals surface area contributed by atoms with E-state index in [9.17, 15) is 9.59 Å². The quantitative estimate of drug-likeness (QED) is 0.599. The van der Waals surface area contributed by atoms with Crippen molar-refractivity contribution in [3.8, 4) is 17.2 Å².